The number of hydrogen-bond acceptors (Lipinski definition) is 4. The number of thiophene rings is 1. The van der Waals surface area contributed by atoms with Crippen LogP contribution < -0.4 is 0 Å². The van der Waals surface area contributed by atoms with E-state index >= 15 is 0 Å². The number of rotatable bonds is 5. The standard InChI is InChI=1S/C47H29N3S/c1-2-12-31(13-3-1)37-16-6-7-18-39(37)46-48-45(36-25-26-44-42(29-36)38-17-8-9-20-43(38)51-44)49-47(50-46)40-19-10-15-32-22-24-35(28-41(32)40)34-23-21-30-11-4-5-14-33(30)27-34/h1-29H. The minimum absolute atomic E-state index is 0.646. The van der Waals surface area contributed by atoms with Crippen LogP contribution in [0.2, 0.25) is 0 Å². The van der Waals surface area contributed by atoms with E-state index in [1.807, 2.05) is 17.4 Å². The fourth-order valence-corrected chi connectivity index (χ4v) is 8.26. The zero-order valence-corrected chi connectivity index (χ0v) is 28.3. The summed E-state index contributed by atoms with van der Waals surface area (Å²) in [5, 5.41) is 7.16. The zero-order chi connectivity index (χ0) is 33.7. The van der Waals surface area contributed by atoms with Gasteiger partial charge in [0.1, 0.15) is 0 Å². The molecule has 0 radical (unpaired) electrons. The molecule has 0 bridgehead atoms. The highest BCUT2D eigenvalue weighted by atomic mass is 32.1. The van der Waals surface area contributed by atoms with E-state index in [9.17, 15) is 0 Å². The van der Waals surface area contributed by atoms with Gasteiger partial charge in [0.25, 0.3) is 0 Å². The van der Waals surface area contributed by atoms with Gasteiger partial charge in [-0.05, 0) is 80.2 Å². The average Bonchev–Trinajstić information content (AvgIpc) is 3.58. The molecular formula is C47H29N3S. The number of hydrogen-bond donors (Lipinski definition) is 0. The predicted molar refractivity (Wildman–Crippen MR) is 215 cm³/mol. The van der Waals surface area contributed by atoms with Gasteiger partial charge in [0.05, 0.1) is 0 Å². The van der Waals surface area contributed by atoms with Crippen LogP contribution >= 0.6 is 11.3 Å². The number of fused-ring (bicyclic) bond motifs is 5. The molecule has 0 amide bonds. The van der Waals surface area contributed by atoms with Crippen molar-refractivity contribution in [1.82, 2.24) is 15.0 Å². The average molecular weight is 668 g/mol. The van der Waals surface area contributed by atoms with Crippen LogP contribution in [-0.4, -0.2) is 15.0 Å². The molecule has 238 valence electrons. The molecule has 4 heteroatoms. The summed E-state index contributed by atoms with van der Waals surface area (Å²) < 4.78 is 2.52. The molecule has 10 aromatic rings. The van der Waals surface area contributed by atoms with Crippen molar-refractivity contribution in [1.29, 1.82) is 0 Å². The van der Waals surface area contributed by atoms with Gasteiger partial charge in [-0.2, -0.15) is 0 Å². The van der Waals surface area contributed by atoms with Crippen molar-refractivity contribution < 1.29 is 0 Å². The van der Waals surface area contributed by atoms with Crippen molar-refractivity contribution in [3.8, 4) is 56.4 Å². The second-order valence-corrected chi connectivity index (χ2v) is 13.9. The Bertz CT molecular complexity index is 2930. The van der Waals surface area contributed by atoms with Crippen molar-refractivity contribution in [2.24, 2.45) is 0 Å². The van der Waals surface area contributed by atoms with Gasteiger partial charge in [-0.15, -0.1) is 11.3 Å². The maximum atomic E-state index is 5.26. The topological polar surface area (TPSA) is 38.7 Å². The van der Waals surface area contributed by atoms with Crippen LogP contribution in [-0.2, 0) is 0 Å². The first kappa shape index (κ1) is 29.4. The lowest BCUT2D eigenvalue weighted by Gasteiger charge is -2.13. The summed E-state index contributed by atoms with van der Waals surface area (Å²) in [5.74, 6) is 1.94. The van der Waals surface area contributed by atoms with Gasteiger partial charge in [0, 0.05) is 36.9 Å². The van der Waals surface area contributed by atoms with E-state index < -0.39 is 0 Å². The molecule has 0 unspecified atom stereocenters. The number of benzene rings is 8. The maximum Gasteiger partial charge on any atom is 0.164 e. The molecule has 2 heterocycles. The van der Waals surface area contributed by atoms with E-state index in [-0.39, 0.29) is 0 Å². The summed E-state index contributed by atoms with van der Waals surface area (Å²) in [6.07, 6.45) is 0. The van der Waals surface area contributed by atoms with Crippen LogP contribution in [0.5, 0.6) is 0 Å². The SMILES string of the molecule is c1ccc(-c2ccccc2-c2nc(-c3ccc4sc5ccccc5c4c3)nc(-c3cccc4ccc(-c5ccc6ccccc6c5)cc34)n2)cc1. The van der Waals surface area contributed by atoms with Gasteiger partial charge in [-0.25, -0.2) is 15.0 Å². The second-order valence-electron chi connectivity index (χ2n) is 12.8. The summed E-state index contributed by atoms with van der Waals surface area (Å²) in [7, 11) is 0. The van der Waals surface area contributed by atoms with Crippen LogP contribution in [0.15, 0.2) is 176 Å². The molecule has 0 N–H and O–H groups in total. The molecule has 8 aromatic carbocycles. The highest BCUT2D eigenvalue weighted by Crippen LogP contribution is 2.38. The Morgan fingerprint density at radius 3 is 1.76 bits per heavy atom. The summed E-state index contributed by atoms with van der Waals surface area (Å²) in [6.45, 7) is 0. The molecular weight excluding hydrogens is 639 g/mol. The Balaban J connectivity index is 1.20. The molecule has 0 atom stereocenters. The van der Waals surface area contributed by atoms with Gasteiger partial charge in [-0.3, -0.25) is 0 Å². The summed E-state index contributed by atoms with van der Waals surface area (Å²) in [6, 6.07) is 62.2. The molecule has 0 saturated heterocycles. The van der Waals surface area contributed by atoms with Gasteiger partial charge in [0.2, 0.25) is 0 Å². The van der Waals surface area contributed by atoms with E-state index in [1.165, 1.54) is 36.5 Å². The van der Waals surface area contributed by atoms with Gasteiger partial charge < -0.3 is 0 Å². The number of aromatic nitrogens is 3. The molecule has 0 aliphatic rings. The van der Waals surface area contributed by atoms with Crippen molar-refractivity contribution in [2.45, 2.75) is 0 Å². The first-order valence-electron chi connectivity index (χ1n) is 17.1. The Hall–Kier alpha value is -6.49. The lowest BCUT2D eigenvalue weighted by atomic mass is 9.96. The van der Waals surface area contributed by atoms with Crippen LogP contribution in [0.4, 0.5) is 0 Å². The minimum atomic E-state index is 0.646. The third-order valence-corrected chi connectivity index (χ3v) is 10.9. The van der Waals surface area contributed by atoms with Crippen LogP contribution in [0.3, 0.4) is 0 Å². The fraction of sp³-hybridized carbons (Fsp3) is 0. The summed E-state index contributed by atoms with van der Waals surface area (Å²) in [4.78, 5) is 15.7. The first-order chi connectivity index (χ1) is 25.2. The smallest absolute Gasteiger partial charge is 0.164 e. The molecule has 2 aromatic heterocycles. The molecule has 0 fully saturated rings. The van der Waals surface area contributed by atoms with E-state index in [0.717, 1.165) is 44.2 Å². The maximum absolute atomic E-state index is 5.26. The van der Waals surface area contributed by atoms with Gasteiger partial charge >= 0.3 is 0 Å². The first-order valence-corrected chi connectivity index (χ1v) is 17.9. The van der Waals surface area contributed by atoms with Crippen molar-refractivity contribution in [2.75, 3.05) is 0 Å². The van der Waals surface area contributed by atoms with Crippen molar-refractivity contribution in [3.63, 3.8) is 0 Å². The molecule has 10 rings (SSSR count). The lowest BCUT2D eigenvalue weighted by Crippen LogP contribution is -2.01. The highest BCUT2D eigenvalue weighted by Gasteiger charge is 2.18. The highest BCUT2D eigenvalue weighted by molar-refractivity contribution is 7.25. The van der Waals surface area contributed by atoms with Crippen molar-refractivity contribution in [3.05, 3.63) is 176 Å². The quantitative estimate of drug-likeness (QED) is 0.183. The fourth-order valence-electron chi connectivity index (χ4n) is 7.17. The predicted octanol–water partition coefficient (Wildman–Crippen LogP) is 12.9. The Labute approximate surface area is 299 Å². The van der Waals surface area contributed by atoms with Crippen LogP contribution in [0.25, 0.3) is 98.1 Å². The molecule has 51 heavy (non-hydrogen) atoms. The lowest BCUT2D eigenvalue weighted by molar-refractivity contribution is 1.08. The second kappa shape index (κ2) is 12.1. The largest absolute Gasteiger partial charge is 0.208 e. The van der Waals surface area contributed by atoms with Gasteiger partial charge in [-0.1, -0.05) is 140 Å². The monoisotopic (exact) mass is 667 g/mol. The molecule has 0 saturated carbocycles. The zero-order valence-electron chi connectivity index (χ0n) is 27.5. The summed E-state index contributed by atoms with van der Waals surface area (Å²) in [5.41, 5.74) is 7.43. The van der Waals surface area contributed by atoms with Crippen LogP contribution in [0, 0.1) is 0 Å². The van der Waals surface area contributed by atoms with E-state index in [2.05, 4.69) is 170 Å². The summed E-state index contributed by atoms with van der Waals surface area (Å²) >= 11 is 1.81. The molecule has 0 spiro atoms. The van der Waals surface area contributed by atoms with E-state index in [1.54, 1.807) is 0 Å². The van der Waals surface area contributed by atoms with E-state index in [4.69, 9.17) is 15.0 Å². The molecule has 3 nitrogen and oxygen atoms in total. The molecule has 0 aliphatic heterocycles. The minimum Gasteiger partial charge on any atom is -0.208 e. The molecule has 0 aliphatic carbocycles. The Morgan fingerprint density at radius 1 is 0.294 bits per heavy atom. The number of nitrogens with zero attached hydrogens (tertiary/aromatic N) is 3. The Kier molecular flexibility index (Phi) is 7.00. The third-order valence-electron chi connectivity index (χ3n) is 9.73. The van der Waals surface area contributed by atoms with Gasteiger partial charge in [0.15, 0.2) is 17.5 Å². The Morgan fingerprint density at radius 2 is 0.882 bits per heavy atom. The normalized spacial score (nSPS) is 11.5. The van der Waals surface area contributed by atoms with Crippen molar-refractivity contribution >= 4 is 53.1 Å². The van der Waals surface area contributed by atoms with E-state index in [0.29, 0.717) is 17.5 Å². The third kappa shape index (κ3) is 5.25. The van der Waals surface area contributed by atoms with Crippen LogP contribution in [0.1, 0.15) is 0 Å².